The highest BCUT2D eigenvalue weighted by Gasteiger charge is 2.39. The number of benzene rings is 3. The van der Waals surface area contributed by atoms with Crippen LogP contribution in [0.3, 0.4) is 0 Å². The van der Waals surface area contributed by atoms with E-state index in [1.807, 2.05) is 25.1 Å². The number of carbonyl (C=O) groups is 3. The number of halogens is 1. The van der Waals surface area contributed by atoms with Gasteiger partial charge in [-0.2, -0.15) is 0 Å². The minimum atomic E-state index is -0.591. The number of carbonyl (C=O) groups excluding carboxylic acids is 3. The Morgan fingerprint density at radius 2 is 1.52 bits per heavy atom. The summed E-state index contributed by atoms with van der Waals surface area (Å²) >= 11 is 6.17. The third-order valence-corrected chi connectivity index (χ3v) is 5.08. The topological polar surface area (TPSA) is 75.7 Å². The fourth-order valence-electron chi connectivity index (χ4n) is 3.13. The first-order valence-electron chi connectivity index (χ1n) is 9.44. The average molecular weight is 433 g/mol. The highest BCUT2D eigenvalue weighted by Crippen LogP contribution is 2.31. The smallest absolute Gasteiger partial charge is 0.343 e. The summed E-state index contributed by atoms with van der Waals surface area (Å²) in [4.78, 5) is 38.8. The van der Waals surface area contributed by atoms with E-state index in [1.165, 1.54) is 0 Å². The van der Waals surface area contributed by atoms with Gasteiger partial charge in [-0.25, -0.2) is 9.69 Å². The lowest BCUT2D eigenvalue weighted by Crippen LogP contribution is -2.32. The van der Waals surface area contributed by atoms with Gasteiger partial charge in [0.25, 0.3) is 11.8 Å². The lowest BCUT2D eigenvalue weighted by Gasteiger charge is -2.17. The molecule has 1 aliphatic rings. The Morgan fingerprint density at radius 1 is 0.871 bits per heavy atom. The minimum Gasteiger partial charge on any atom is -0.423 e. The standard InChI is InChI=1S/C24H17ClN2O4/c1-15-7-5-6-10-19(15)27-22(28)20(25)21(23(27)29)26-17-13-11-16(12-14-17)24(30)31-18-8-3-2-4-9-18/h2-14,26H,1H3. The Labute approximate surface area is 183 Å². The summed E-state index contributed by atoms with van der Waals surface area (Å²) in [6, 6.07) is 22.1. The van der Waals surface area contributed by atoms with Gasteiger partial charge in [0.15, 0.2) is 0 Å². The lowest BCUT2D eigenvalue weighted by atomic mass is 10.2. The molecule has 0 saturated carbocycles. The first kappa shape index (κ1) is 20.4. The summed E-state index contributed by atoms with van der Waals surface area (Å²) < 4.78 is 5.30. The zero-order valence-electron chi connectivity index (χ0n) is 16.5. The molecule has 0 spiro atoms. The van der Waals surface area contributed by atoms with Crippen molar-refractivity contribution in [3.63, 3.8) is 0 Å². The number of para-hydroxylation sites is 2. The summed E-state index contributed by atoms with van der Waals surface area (Å²) in [5, 5.41) is 2.70. The first-order chi connectivity index (χ1) is 15.0. The summed E-state index contributed by atoms with van der Waals surface area (Å²) in [5.74, 6) is -1.20. The van der Waals surface area contributed by atoms with Gasteiger partial charge < -0.3 is 10.1 Å². The van der Waals surface area contributed by atoms with E-state index in [4.69, 9.17) is 16.3 Å². The maximum absolute atomic E-state index is 12.9. The Balaban J connectivity index is 1.50. The molecular weight excluding hydrogens is 416 g/mol. The molecule has 1 heterocycles. The minimum absolute atomic E-state index is 0.0190. The predicted molar refractivity (Wildman–Crippen MR) is 118 cm³/mol. The quantitative estimate of drug-likeness (QED) is 0.361. The number of hydrogen-bond donors (Lipinski definition) is 1. The van der Waals surface area contributed by atoms with Crippen molar-refractivity contribution in [2.45, 2.75) is 6.92 Å². The van der Waals surface area contributed by atoms with Gasteiger partial charge in [-0.1, -0.05) is 48.0 Å². The van der Waals surface area contributed by atoms with Crippen LogP contribution in [0.25, 0.3) is 0 Å². The number of aryl methyl sites for hydroxylation is 1. The second kappa shape index (κ2) is 8.45. The molecule has 0 saturated heterocycles. The SMILES string of the molecule is Cc1ccccc1N1C(=O)C(Cl)=C(Nc2ccc(C(=O)Oc3ccccc3)cc2)C1=O. The number of ether oxygens (including phenoxy) is 1. The fourth-order valence-corrected chi connectivity index (χ4v) is 3.35. The van der Waals surface area contributed by atoms with Crippen molar-refractivity contribution in [3.05, 3.63) is 101 Å². The van der Waals surface area contributed by atoms with E-state index in [9.17, 15) is 14.4 Å². The van der Waals surface area contributed by atoms with Crippen LogP contribution in [0.1, 0.15) is 15.9 Å². The van der Waals surface area contributed by atoms with Crippen LogP contribution in [0.5, 0.6) is 5.75 Å². The van der Waals surface area contributed by atoms with Crippen molar-refractivity contribution in [2.75, 3.05) is 10.2 Å². The number of amides is 2. The van der Waals surface area contributed by atoms with Crippen molar-refractivity contribution in [1.29, 1.82) is 0 Å². The summed E-state index contributed by atoms with van der Waals surface area (Å²) in [6.45, 7) is 1.81. The molecule has 0 bridgehead atoms. The number of nitrogens with zero attached hydrogens (tertiary/aromatic N) is 1. The second-order valence-electron chi connectivity index (χ2n) is 6.83. The molecule has 0 radical (unpaired) electrons. The average Bonchev–Trinajstić information content (AvgIpc) is 2.98. The number of imide groups is 1. The maximum Gasteiger partial charge on any atom is 0.343 e. The molecule has 0 fully saturated rings. The third-order valence-electron chi connectivity index (χ3n) is 4.73. The van der Waals surface area contributed by atoms with Crippen LogP contribution >= 0.6 is 11.6 Å². The normalized spacial score (nSPS) is 13.5. The monoisotopic (exact) mass is 432 g/mol. The largest absolute Gasteiger partial charge is 0.423 e. The van der Waals surface area contributed by atoms with E-state index < -0.39 is 17.8 Å². The number of hydrogen-bond acceptors (Lipinski definition) is 5. The third kappa shape index (κ3) is 4.06. The molecule has 0 unspecified atom stereocenters. The van der Waals surface area contributed by atoms with Crippen LogP contribution in [0.4, 0.5) is 11.4 Å². The number of anilines is 2. The van der Waals surface area contributed by atoms with Gasteiger partial charge in [0.2, 0.25) is 0 Å². The lowest BCUT2D eigenvalue weighted by molar-refractivity contribution is -0.120. The highest BCUT2D eigenvalue weighted by molar-refractivity contribution is 6.53. The van der Waals surface area contributed by atoms with Gasteiger partial charge in [0, 0.05) is 5.69 Å². The van der Waals surface area contributed by atoms with Gasteiger partial charge in [-0.3, -0.25) is 9.59 Å². The molecule has 154 valence electrons. The van der Waals surface area contributed by atoms with Gasteiger partial charge in [0.1, 0.15) is 16.5 Å². The number of nitrogens with one attached hydrogen (secondary N) is 1. The van der Waals surface area contributed by atoms with E-state index in [-0.39, 0.29) is 10.7 Å². The maximum atomic E-state index is 12.9. The molecule has 0 aromatic heterocycles. The van der Waals surface area contributed by atoms with E-state index in [1.54, 1.807) is 60.7 Å². The molecule has 0 aliphatic carbocycles. The van der Waals surface area contributed by atoms with E-state index >= 15 is 0 Å². The number of rotatable bonds is 5. The van der Waals surface area contributed by atoms with Crippen LogP contribution in [0.2, 0.25) is 0 Å². The van der Waals surface area contributed by atoms with Gasteiger partial charge in [-0.05, 0) is 55.0 Å². The zero-order valence-corrected chi connectivity index (χ0v) is 17.2. The van der Waals surface area contributed by atoms with Crippen molar-refractivity contribution in [3.8, 4) is 5.75 Å². The molecule has 1 aliphatic heterocycles. The van der Waals surface area contributed by atoms with Crippen molar-refractivity contribution in [1.82, 2.24) is 0 Å². The van der Waals surface area contributed by atoms with E-state index in [0.717, 1.165) is 10.5 Å². The van der Waals surface area contributed by atoms with Gasteiger partial charge in [-0.15, -0.1) is 0 Å². The predicted octanol–water partition coefficient (Wildman–Crippen LogP) is 4.65. The van der Waals surface area contributed by atoms with Crippen molar-refractivity contribution >= 4 is 40.8 Å². The molecule has 7 heteroatoms. The van der Waals surface area contributed by atoms with Crippen molar-refractivity contribution in [2.24, 2.45) is 0 Å². The first-order valence-corrected chi connectivity index (χ1v) is 9.82. The molecule has 0 atom stereocenters. The Bertz CT molecular complexity index is 1200. The van der Waals surface area contributed by atoms with Gasteiger partial charge >= 0.3 is 5.97 Å². The van der Waals surface area contributed by atoms with E-state index in [0.29, 0.717) is 22.7 Å². The van der Waals surface area contributed by atoms with E-state index in [2.05, 4.69) is 5.32 Å². The molecule has 3 aromatic rings. The summed E-state index contributed by atoms with van der Waals surface area (Å²) in [6.07, 6.45) is 0. The Morgan fingerprint density at radius 3 is 2.19 bits per heavy atom. The summed E-state index contributed by atoms with van der Waals surface area (Å²) in [7, 11) is 0. The number of esters is 1. The molecule has 3 aromatic carbocycles. The molecule has 1 N–H and O–H groups in total. The van der Waals surface area contributed by atoms with Crippen LogP contribution in [-0.2, 0) is 9.59 Å². The van der Waals surface area contributed by atoms with Crippen LogP contribution in [0, 0.1) is 6.92 Å². The van der Waals surface area contributed by atoms with Crippen molar-refractivity contribution < 1.29 is 19.1 Å². The molecule has 2 amide bonds. The zero-order chi connectivity index (χ0) is 22.0. The van der Waals surface area contributed by atoms with Crippen LogP contribution < -0.4 is 15.0 Å². The molecule has 6 nitrogen and oxygen atoms in total. The highest BCUT2D eigenvalue weighted by atomic mass is 35.5. The molecular formula is C24H17ClN2O4. The fraction of sp³-hybridized carbons (Fsp3) is 0.0417. The van der Waals surface area contributed by atoms with Crippen LogP contribution in [0.15, 0.2) is 89.6 Å². The van der Waals surface area contributed by atoms with Gasteiger partial charge in [0.05, 0.1) is 11.3 Å². The second-order valence-corrected chi connectivity index (χ2v) is 7.20. The molecule has 4 rings (SSSR count). The van der Waals surface area contributed by atoms with Crippen LogP contribution in [-0.4, -0.2) is 17.8 Å². The Kier molecular flexibility index (Phi) is 5.56. The molecule has 31 heavy (non-hydrogen) atoms. The Hall–Kier alpha value is -3.90. The summed E-state index contributed by atoms with van der Waals surface area (Å²) in [5.41, 5.74) is 2.07.